The van der Waals surface area contributed by atoms with Gasteiger partial charge >= 0.3 is 17.9 Å². The Labute approximate surface area is 162 Å². The molecule has 2 rings (SSSR count). The van der Waals surface area contributed by atoms with Crippen LogP contribution in [-0.4, -0.2) is 43.9 Å². The number of nitrogens with zero attached hydrogens (tertiary/aromatic N) is 2. The molecular weight excluding hydrogens is 366 g/mol. The molecule has 1 unspecified atom stereocenters. The summed E-state index contributed by atoms with van der Waals surface area (Å²) >= 11 is 0. The lowest BCUT2D eigenvalue weighted by Crippen LogP contribution is -2.25. The van der Waals surface area contributed by atoms with E-state index in [-0.39, 0.29) is 12.0 Å². The summed E-state index contributed by atoms with van der Waals surface area (Å²) in [5, 5.41) is 20.9. The van der Waals surface area contributed by atoms with E-state index in [1.165, 1.54) is 0 Å². The van der Waals surface area contributed by atoms with Crippen LogP contribution in [0.5, 0.6) is 5.75 Å². The highest BCUT2D eigenvalue weighted by atomic mass is 16.5. The van der Waals surface area contributed by atoms with Gasteiger partial charge in [0, 0.05) is 29.6 Å². The highest BCUT2D eigenvalue weighted by molar-refractivity contribution is 5.89. The number of nitrogens with two attached hydrogens (primary N) is 1. The minimum atomic E-state index is -1.26. The van der Waals surface area contributed by atoms with Crippen molar-refractivity contribution in [2.75, 3.05) is 0 Å². The fraction of sp³-hybridized carbons (Fsp3) is 0.368. The molecular formula is C19H25N3O6. The van der Waals surface area contributed by atoms with Crippen molar-refractivity contribution in [2.24, 2.45) is 11.1 Å². The van der Waals surface area contributed by atoms with Gasteiger partial charge in [-0.2, -0.15) is 5.10 Å². The van der Waals surface area contributed by atoms with Crippen molar-refractivity contribution >= 4 is 28.8 Å². The van der Waals surface area contributed by atoms with Gasteiger partial charge in [-0.25, -0.2) is 9.59 Å². The molecule has 0 spiro atoms. The highest BCUT2D eigenvalue weighted by Crippen LogP contribution is 2.24. The molecule has 9 nitrogen and oxygen atoms in total. The first-order valence-electron chi connectivity index (χ1n) is 8.47. The SMILES string of the molecule is CC(N)Cn1ncc2ccc(OC(=O)C(C)(C)C)cc21.O=C(O)C=CC(=O)O. The number of aliphatic carboxylic acids is 2. The van der Waals surface area contributed by atoms with Crippen LogP contribution in [0.25, 0.3) is 10.9 Å². The molecule has 28 heavy (non-hydrogen) atoms. The van der Waals surface area contributed by atoms with Crippen LogP contribution >= 0.6 is 0 Å². The van der Waals surface area contributed by atoms with Gasteiger partial charge < -0.3 is 20.7 Å². The molecule has 0 amide bonds. The van der Waals surface area contributed by atoms with Crippen molar-refractivity contribution < 1.29 is 29.3 Å². The first-order valence-corrected chi connectivity index (χ1v) is 8.47. The number of benzene rings is 1. The first-order chi connectivity index (χ1) is 12.9. The number of carboxylic acid groups (broad SMARTS) is 2. The zero-order chi connectivity index (χ0) is 21.5. The van der Waals surface area contributed by atoms with E-state index in [4.69, 9.17) is 20.7 Å². The van der Waals surface area contributed by atoms with E-state index in [1.54, 1.807) is 12.3 Å². The number of esters is 1. The van der Waals surface area contributed by atoms with Crippen molar-refractivity contribution in [1.82, 2.24) is 9.78 Å². The summed E-state index contributed by atoms with van der Waals surface area (Å²) in [6, 6.07) is 5.52. The molecule has 4 N–H and O–H groups in total. The summed E-state index contributed by atoms with van der Waals surface area (Å²) in [4.78, 5) is 31.0. The molecule has 1 heterocycles. The third-order valence-corrected chi connectivity index (χ3v) is 3.27. The van der Waals surface area contributed by atoms with E-state index in [0.717, 1.165) is 10.9 Å². The normalized spacial score (nSPS) is 12.3. The lowest BCUT2D eigenvalue weighted by molar-refractivity contribution is -0.143. The third-order valence-electron chi connectivity index (χ3n) is 3.27. The largest absolute Gasteiger partial charge is 0.478 e. The lowest BCUT2D eigenvalue weighted by Gasteiger charge is -2.16. The quantitative estimate of drug-likeness (QED) is 0.399. The Morgan fingerprint density at radius 1 is 1.21 bits per heavy atom. The Kier molecular flexibility index (Phi) is 7.87. The Bertz CT molecular complexity index is 861. The fourth-order valence-electron chi connectivity index (χ4n) is 1.93. The molecule has 1 aromatic heterocycles. The Morgan fingerprint density at radius 3 is 2.25 bits per heavy atom. The van der Waals surface area contributed by atoms with E-state index in [2.05, 4.69) is 5.10 Å². The molecule has 0 saturated carbocycles. The summed E-state index contributed by atoms with van der Waals surface area (Å²) in [6.07, 6.45) is 2.90. The lowest BCUT2D eigenvalue weighted by atomic mass is 9.97. The predicted molar refractivity (Wildman–Crippen MR) is 103 cm³/mol. The Balaban J connectivity index is 0.000000416. The average Bonchev–Trinajstić information content (AvgIpc) is 2.94. The van der Waals surface area contributed by atoms with Gasteiger partial charge in [-0.05, 0) is 39.8 Å². The van der Waals surface area contributed by atoms with Gasteiger partial charge in [-0.1, -0.05) is 0 Å². The summed E-state index contributed by atoms with van der Waals surface area (Å²) in [7, 11) is 0. The van der Waals surface area contributed by atoms with Crippen molar-refractivity contribution in [1.29, 1.82) is 0 Å². The molecule has 9 heteroatoms. The van der Waals surface area contributed by atoms with Crippen LogP contribution < -0.4 is 10.5 Å². The maximum Gasteiger partial charge on any atom is 0.328 e. The zero-order valence-electron chi connectivity index (χ0n) is 16.2. The number of carbonyl (C=O) groups excluding carboxylic acids is 1. The first kappa shape index (κ1) is 22.8. The van der Waals surface area contributed by atoms with E-state index in [0.29, 0.717) is 24.4 Å². The number of ether oxygens (including phenoxy) is 1. The van der Waals surface area contributed by atoms with Gasteiger partial charge in [0.05, 0.1) is 23.7 Å². The van der Waals surface area contributed by atoms with Crippen molar-refractivity contribution in [2.45, 2.75) is 40.3 Å². The number of hydrogen-bond acceptors (Lipinski definition) is 6. The van der Waals surface area contributed by atoms with Crippen molar-refractivity contribution in [3.8, 4) is 5.75 Å². The molecule has 0 aliphatic carbocycles. The molecule has 0 saturated heterocycles. The van der Waals surface area contributed by atoms with Gasteiger partial charge in [-0.3, -0.25) is 9.48 Å². The molecule has 0 radical (unpaired) electrons. The van der Waals surface area contributed by atoms with Gasteiger partial charge in [0.25, 0.3) is 0 Å². The summed E-state index contributed by atoms with van der Waals surface area (Å²) in [5.41, 5.74) is 6.20. The van der Waals surface area contributed by atoms with Crippen LogP contribution in [0.3, 0.4) is 0 Å². The summed E-state index contributed by atoms with van der Waals surface area (Å²) in [5.74, 6) is -2.24. The van der Waals surface area contributed by atoms with Gasteiger partial charge in [0.2, 0.25) is 0 Å². The second-order valence-corrected chi connectivity index (χ2v) is 7.17. The molecule has 1 atom stereocenters. The monoisotopic (exact) mass is 391 g/mol. The average molecular weight is 391 g/mol. The minimum Gasteiger partial charge on any atom is -0.478 e. The maximum atomic E-state index is 11.9. The predicted octanol–water partition coefficient (Wildman–Crippen LogP) is 2.05. The van der Waals surface area contributed by atoms with Crippen LogP contribution in [0.2, 0.25) is 0 Å². The number of carboxylic acids is 2. The number of hydrogen-bond donors (Lipinski definition) is 3. The standard InChI is InChI=1S/C15H21N3O2.C4H4O4/c1-10(16)9-18-13-7-12(6-5-11(13)8-17-18)20-14(19)15(2,3)4;5-3(6)1-2-4(7)8/h5-8,10H,9,16H2,1-4H3;1-2H,(H,5,6)(H,7,8). The second kappa shape index (κ2) is 9.65. The molecule has 0 aliphatic rings. The number of aromatic nitrogens is 2. The van der Waals surface area contributed by atoms with E-state index >= 15 is 0 Å². The third kappa shape index (κ3) is 7.58. The minimum absolute atomic E-state index is 0.0129. The van der Waals surface area contributed by atoms with E-state index in [9.17, 15) is 14.4 Å². The summed E-state index contributed by atoms with van der Waals surface area (Å²) < 4.78 is 7.23. The fourth-order valence-corrected chi connectivity index (χ4v) is 1.93. The number of fused-ring (bicyclic) bond motifs is 1. The smallest absolute Gasteiger partial charge is 0.328 e. The highest BCUT2D eigenvalue weighted by Gasteiger charge is 2.23. The maximum absolute atomic E-state index is 11.9. The van der Waals surface area contributed by atoms with Crippen molar-refractivity contribution in [3.63, 3.8) is 0 Å². The van der Waals surface area contributed by atoms with Crippen LogP contribution in [-0.2, 0) is 20.9 Å². The number of rotatable bonds is 5. The Hall–Kier alpha value is -3.20. The van der Waals surface area contributed by atoms with Gasteiger partial charge in [0.15, 0.2) is 0 Å². The zero-order valence-corrected chi connectivity index (χ0v) is 16.2. The summed E-state index contributed by atoms with van der Waals surface area (Å²) in [6.45, 7) is 8.04. The molecule has 0 fully saturated rings. The molecule has 152 valence electrons. The van der Waals surface area contributed by atoms with Crippen molar-refractivity contribution in [3.05, 3.63) is 36.5 Å². The van der Waals surface area contributed by atoms with Crippen LogP contribution in [0.4, 0.5) is 0 Å². The van der Waals surface area contributed by atoms with Crippen LogP contribution in [0, 0.1) is 5.41 Å². The second-order valence-electron chi connectivity index (χ2n) is 7.17. The topological polar surface area (TPSA) is 145 Å². The molecule has 0 aliphatic heterocycles. The molecule has 1 aromatic carbocycles. The van der Waals surface area contributed by atoms with Crippen LogP contribution in [0.15, 0.2) is 36.5 Å². The van der Waals surface area contributed by atoms with Gasteiger partial charge in [-0.15, -0.1) is 0 Å². The molecule has 2 aromatic rings. The van der Waals surface area contributed by atoms with E-state index in [1.807, 2.05) is 44.5 Å². The van der Waals surface area contributed by atoms with Crippen LogP contribution in [0.1, 0.15) is 27.7 Å². The molecule has 0 bridgehead atoms. The Morgan fingerprint density at radius 2 is 1.79 bits per heavy atom. The van der Waals surface area contributed by atoms with E-state index < -0.39 is 17.4 Å². The number of carbonyl (C=O) groups is 3. The van der Waals surface area contributed by atoms with Gasteiger partial charge in [0.1, 0.15) is 5.75 Å².